The van der Waals surface area contributed by atoms with E-state index in [0.717, 1.165) is 17.8 Å². The molecule has 0 saturated heterocycles. The van der Waals surface area contributed by atoms with Crippen LogP contribution in [0.2, 0.25) is 0 Å². The number of nitrogens with two attached hydrogens (primary N) is 1. The molecular weight excluding hydrogens is 176 g/mol. The van der Waals surface area contributed by atoms with E-state index in [1.807, 2.05) is 34.9 Å². The standard InChI is InChI=1S/C10H14N4/c1-13-4-2-9(6-13)10-7-14(5-3-11)8-12-10/h2,4,6-8H,3,5,11H2,1H3. The third kappa shape index (κ3) is 1.70. The number of hydrogen-bond donors (Lipinski definition) is 1. The summed E-state index contributed by atoms with van der Waals surface area (Å²) in [6, 6.07) is 2.05. The fourth-order valence-electron chi connectivity index (χ4n) is 1.44. The summed E-state index contributed by atoms with van der Waals surface area (Å²) in [5, 5.41) is 0. The lowest BCUT2D eigenvalue weighted by molar-refractivity contribution is 0.708. The Morgan fingerprint density at radius 3 is 2.93 bits per heavy atom. The summed E-state index contributed by atoms with van der Waals surface area (Å²) in [6.45, 7) is 1.46. The lowest BCUT2D eigenvalue weighted by Crippen LogP contribution is -2.07. The lowest BCUT2D eigenvalue weighted by Gasteiger charge is -1.95. The van der Waals surface area contributed by atoms with Crippen molar-refractivity contribution >= 4 is 0 Å². The van der Waals surface area contributed by atoms with Crippen LogP contribution in [-0.4, -0.2) is 20.7 Å². The first-order valence-electron chi connectivity index (χ1n) is 4.64. The van der Waals surface area contributed by atoms with E-state index in [1.54, 1.807) is 0 Å². The van der Waals surface area contributed by atoms with E-state index in [2.05, 4.69) is 17.2 Å². The van der Waals surface area contributed by atoms with Gasteiger partial charge in [-0.2, -0.15) is 0 Å². The highest BCUT2D eigenvalue weighted by Crippen LogP contribution is 2.16. The van der Waals surface area contributed by atoms with Crippen LogP contribution in [0.15, 0.2) is 31.0 Å². The van der Waals surface area contributed by atoms with Crippen LogP contribution in [-0.2, 0) is 13.6 Å². The molecule has 2 aromatic heterocycles. The van der Waals surface area contributed by atoms with E-state index in [9.17, 15) is 0 Å². The van der Waals surface area contributed by atoms with Crippen LogP contribution in [0.1, 0.15) is 0 Å². The smallest absolute Gasteiger partial charge is 0.0954 e. The molecule has 0 spiro atoms. The number of hydrogen-bond acceptors (Lipinski definition) is 2. The summed E-state index contributed by atoms with van der Waals surface area (Å²) < 4.78 is 4.01. The maximum Gasteiger partial charge on any atom is 0.0954 e. The number of aryl methyl sites for hydroxylation is 1. The Bertz CT molecular complexity index is 413. The molecular formula is C10H14N4. The minimum absolute atomic E-state index is 0.643. The number of rotatable bonds is 3. The van der Waals surface area contributed by atoms with E-state index >= 15 is 0 Å². The van der Waals surface area contributed by atoms with Gasteiger partial charge in [-0.1, -0.05) is 0 Å². The van der Waals surface area contributed by atoms with Crippen LogP contribution in [0.4, 0.5) is 0 Å². The minimum Gasteiger partial charge on any atom is -0.357 e. The molecule has 0 radical (unpaired) electrons. The van der Waals surface area contributed by atoms with Crippen molar-refractivity contribution in [2.75, 3.05) is 6.54 Å². The van der Waals surface area contributed by atoms with Crippen LogP contribution in [0.3, 0.4) is 0 Å². The summed E-state index contributed by atoms with van der Waals surface area (Å²) in [4.78, 5) is 4.31. The molecule has 0 bridgehead atoms. The minimum atomic E-state index is 0.643. The summed E-state index contributed by atoms with van der Waals surface area (Å²) in [6.07, 6.45) is 7.89. The van der Waals surface area contributed by atoms with E-state index < -0.39 is 0 Å². The normalized spacial score (nSPS) is 10.7. The summed E-state index contributed by atoms with van der Waals surface area (Å²) >= 11 is 0. The Balaban J connectivity index is 2.24. The predicted molar refractivity (Wildman–Crippen MR) is 55.7 cm³/mol. The molecule has 0 aliphatic heterocycles. The van der Waals surface area contributed by atoms with E-state index in [1.165, 1.54) is 0 Å². The van der Waals surface area contributed by atoms with Gasteiger partial charge in [-0.15, -0.1) is 0 Å². The van der Waals surface area contributed by atoms with Crippen molar-refractivity contribution in [2.24, 2.45) is 12.8 Å². The average Bonchev–Trinajstić information content (AvgIpc) is 2.74. The molecule has 0 aromatic carbocycles. The Hall–Kier alpha value is -1.55. The fraction of sp³-hybridized carbons (Fsp3) is 0.300. The molecule has 4 nitrogen and oxygen atoms in total. The summed E-state index contributed by atoms with van der Waals surface area (Å²) in [5.41, 5.74) is 7.60. The van der Waals surface area contributed by atoms with Gasteiger partial charge in [0.05, 0.1) is 12.0 Å². The Morgan fingerprint density at radius 2 is 2.29 bits per heavy atom. The van der Waals surface area contributed by atoms with Crippen molar-refractivity contribution in [3.05, 3.63) is 31.0 Å². The molecule has 0 amide bonds. The molecule has 0 fully saturated rings. The number of aromatic nitrogens is 3. The molecule has 0 aliphatic rings. The SMILES string of the molecule is Cn1ccc(-c2cn(CCN)cn2)c1. The van der Waals surface area contributed by atoms with Crippen molar-refractivity contribution < 1.29 is 0 Å². The maximum absolute atomic E-state index is 5.46. The van der Waals surface area contributed by atoms with E-state index in [4.69, 9.17) is 5.73 Å². The van der Waals surface area contributed by atoms with E-state index in [0.29, 0.717) is 6.54 Å². The third-order valence-electron chi connectivity index (χ3n) is 2.15. The second-order valence-corrected chi connectivity index (χ2v) is 3.35. The molecule has 2 heterocycles. The van der Waals surface area contributed by atoms with Gasteiger partial charge < -0.3 is 14.9 Å². The van der Waals surface area contributed by atoms with Crippen molar-refractivity contribution in [2.45, 2.75) is 6.54 Å². The van der Waals surface area contributed by atoms with E-state index in [-0.39, 0.29) is 0 Å². The Labute approximate surface area is 83.0 Å². The lowest BCUT2D eigenvalue weighted by atomic mass is 10.3. The number of imidazole rings is 1. The van der Waals surface area contributed by atoms with Gasteiger partial charge in [-0.3, -0.25) is 0 Å². The topological polar surface area (TPSA) is 48.8 Å². The molecule has 4 heteroatoms. The number of nitrogens with zero attached hydrogens (tertiary/aromatic N) is 3. The van der Waals surface area contributed by atoms with Crippen molar-refractivity contribution in [3.8, 4) is 11.3 Å². The van der Waals surface area contributed by atoms with Crippen molar-refractivity contribution in [3.63, 3.8) is 0 Å². The quantitative estimate of drug-likeness (QED) is 0.780. The van der Waals surface area contributed by atoms with Gasteiger partial charge >= 0.3 is 0 Å². The maximum atomic E-state index is 5.46. The molecule has 0 aliphatic carbocycles. The molecule has 0 unspecified atom stereocenters. The highest BCUT2D eigenvalue weighted by atomic mass is 15.0. The fourth-order valence-corrected chi connectivity index (χ4v) is 1.44. The van der Waals surface area contributed by atoms with Crippen LogP contribution in [0, 0.1) is 0 Å². The Morgan fingerprint density at radius 1 is 1.43 bits per heavy atom. The van der Waals surface area contributed by atoms with Crippen LogP contribution in [0.25, 0.3) is 11.3 Å². The van der Waals surface area contributed by atoms with Gasteiger partial charge in [0.15, 0.2) is 0 Å². The van der Waals surface area contributed by atoms with Gasteiger partial charge in [-0.05, 0) is 6.07 Å². The molecule has 2 N–H and O–H groups in total. The van der Waals surface area contributed by atoms with Gasteiger partial charge in [0.25, 0.3) is 0 Å². The van der Waals surface area contributed by atoms with Gasteiger partial charge in [0.2, 0.25) is 0 Å². The molecule has 0 saturated carbocycles. The third-order valence-corrected chi connectivity index (χ3v) is 2.15. The van der Waals surface area contributed by atoms with Crippen molar-refractivity contribution in [1.29, 1.82) is 0 Å². The zero-order valence-corrected chi connectivity index (χ0v) is 8.22. The summed E-state index contributed by atoms with van der Waals surface area (Å²) in [7, 11) is 2.00. The van der Waals surface area contributed by atoms with Gasteiger partial charge in [0, 0.05) is 44.3 Å². The zero-order chi connectivity index (χ0) is 9.97. The molecule has 2 rings (SSSR count). The van der Waals surface area contributed by atoms with Crippen molar-refractivity contribution in [1.82, 2.24) is 14.1 Å². The largest absolute Gasteiger partial charge is 0.357 e. The molecule has 74 valence electrons. The summed E-state index contributed by atoms with van der Waals surface area (Å²) in [5.74, 6) is 0. The first kappa shape index (κ1) is 9.02. The van der Waals surface area contributed by atoms with Gasteiger partial charge in [-0.25, -0.2) is 4.98 Å². The second-order valence-electron chi connectivity index (χ2n) is 3.35. The first-order valence-corrected chi connectivity index (χ1v) is 4.64. The zero-order valence-electron chi connectivity index (χ0n) is 8.22. The molecule has 2 aromatic rings. The van der Waals surface area contributed by atoms with Crippen LogP contribution >= 0.6 is 0 Å². The monoisotopic (exact) mass is 190 g/mol. The van der Waals surface area contributed by atoms with Crippen LogP contribution < -0.4 is 5.73 Å². The Kier molecular flexibility index (Phi) is 2.37. The predicted octanol–water partition coefficient (Wildman–Crippen LogP) is 0.847. The highest BCUT2D eigenvalue weighted by Gasteiger charge is 2.02. The van der Waals surface area contributed by atoms with Gasteiger partial charge in [0.1, 0.15) is 0 Å². The first-order chi connectivity index (χ1) is 6.79. The van der Waals surface area contributed by atoms with Crippen LogP contribution in [0.5, 0.6) is 0 Å². The average molecular weight is 190 g/mol. The highest BCUT2D eigenvalue weighted by molar-refractivity contribution is 5.57. The molecule has 14 heavy (non-hydrogen) atoms. The second kappa shape index (κ2) is 3.67. The molecule has 0 atom stereocenters.